The molecule has 3 heteroatoms. The molecule has 0 N–H and O–H groups in total. The topological polar surface area (TPSA) is 29.5 Å². The van der Waals surface area contributed by atoms with Crippen molar-refractivity contribution >= 4 is 6.09 Å². The molecule has 0 bridgehead atoms. The molecule has 1 rings (SSSR count). The summed E-state index contributed by atoms with van der Waals surface area (Å²) in [4.78, 5) is 13.4. The molecule has 1 amide bonds. The molecule has 0 aromatic heterocycles. The highest BCUT2D eigenvalue weighted by Crippen LogP contribution is 2.12. The SMILES string of the molecule is CCCC(C)N(C)C(=O)Oc1ccccc1. The number of hydrogen-bond acceptors (Lipinski definition) is 2. The minimum atomic E-state index is -0.299. The van der Waals surface area contributed by atoms with Gasteiger partial charge in [0.05, 0.1) is 0 Å². The molecule has 0 spiro atoms. The number of para-hydroxylation sites is 1. The molecule has 16 heavy (non-hydrogen) atoms. The van der Waals surface area contributed by atoms with Crippen LogP contribution in [0.3, 0.4) is 0 Å². The van der Waals surface area contributed by atoms with Crippen molar-refractivity contribution in [2.45, 2.75) is 32.7 Å². The van der Waals surface area contributed by atoms with E-state index in [1.807, 2.05) is 25.1 Å². The van der Waals surface area contributed by atoms with Gasteiger partial charge in [0.25, 0.3) is 0 Å². The molecule has 0 aliphatic carbocycles. The van der Waals surface area contributed by atoms with Crippen LogP contribution in [0.15, 0.2) is 30.3 Å². The number of amides is 1. The van der Waals surface area contributed by atoms with E-state index in [1.54, 1.807) is 24.1 Å². The predicted molar refractivity (Wildman–Crippen MR) is 64.6 cm³/mol. The summed E-state index contributed by atoms with van der Waals surface area (Å²) in [5.41, 5.74) is 0. The Labute approximate surface area is 97.0 Å². The molecule has 0 heterocycles. The fourth-order valence-corrected chi connectivity index (χ4v) is 1.45. The number of hydrogen-bond donors (Lipinski definition) is 0. The van der Waals surface area contributed by atoms with E-state index < -0.39 is 0 Å². The molecule has 0 saturated heterocycles. The van der Waals surface area contributed by atoms with Crippen molar-refractivity contribution < 1.29 is 9.53 Å². The standard InChI is InChI=1S/C13H19NO2/c1-4-8-11(2)14(3)13(15)16-12-9-6-5-7-10-12/h5-7,9-11H,4,8H2,1-3H3. The van der Waals surface area contributed by atoms with Crippen LogP contribution in [0.1, 0.15) is 26.7 Å². The molecule has 88 valence electrons. The Hall–Kier alpha value is -1.51. The molecule has 1 aromatic rings. The Bertz CT molecular complexity index is 324. The Morgan fingerprint density at radius 1 is 1.38 bits per heavy atom. The van der Waals surface area contributed by atoms with Crippen molar-refractivity contribution in [2.75, 3.05) is 7.05 Å². The molecule has 0 saturated carbocycles. The van der Waals surface area contributed by atoms with Crippen LogP contribution >= 0.6 is 0 Å². The monoisotopic (exact) mass is 221 g/mol. The normalized spacial score (nSPS) is 11.9. The van der Waals surface area contributed by atoms with Gasteiger partial charge in [-0.05, 0) is 25.5 Å². The second-order valence-corrected chi connectivity index (χ2v) is 3.93. The van der Waals surface area contributed by atoms with E-state index in [0.29, 0.717) is 5.75 Å². The Kier molecular flexibility index (Phi) is 4.83. The molecule has 0 fully saturated rings. The maximum atomic E-state index is 11.7. The Balaban J connectivity index is 2.52. The minimum absolute atomic E-state index is 0.209. The van der Waals surface area contributed by atoms with Crippen LogP contribution in [-0.2, 0) is 0 Å². The number of carbonyl (C=O) groups excluding carboxylic acids is 1. The van der Waals surface area contributed by atoms with Crippen molar-refractivity contribution in [3.05, 3.63) is 30.3 Å². The van der Waals surface area contributed by atoms with E-state index in [0.717, 1.165) is 12.8 Å². The Morgan fingerprint density at radius 2 is 2.00 bits per heavy atom. The lowest BCUT2D eigenvalue weighted by Crippen LogP contribution is -2.37. The van der Waals surface area contributed by atoms with Crippen molar-refractivity contribution in [1.82, 2.24) is 4.90 Å². The third-order valence-electron chi connectivity index (χ3n) is 2.60. The zero-order valence-corrected chi connectivity index (χ0v) is 10.1. The fraction of sp³-hybridized carbons (Fsp3) is 0.462. The first-order valence-electron chi connectivity index (χ1n) is 5.64. The lowest BCUT2D eigenvalue weighted by Gasteiger charge is -2.23. The summed E-state index contributed by atoms with van der Waals surface area (Å²) in [6, 6.07) is 9.34. The van der Waals surface area contributed by atoms with Gasteiger partial charge >= 0.3 is 6.09 Å². The minimum Gasteiger partial charge on any atom is -0.410 e. The van der Waals surface area contributed by atoms with E-state index in [1.165, 1.54) is 0 Å². The number of rotatable bonds is 4. The first-order valence-corrected chi connectivity index (χ1v) is 5.64. The summed E-state index contributed by atoms with van der Waals surface area (Å²) >= 11 is 0. The lowest BCUT2D eigenvalue weighted by atomic mass is 10.2. The van der Waals surface area contributed by atoms with E-state index in [-0.39, 0.29) is 12.1 Å². The second-order valence-electron chi connectivity index (χ2n) is 3.93. The van der Waals surface area contributed by atoms with E-state index in [9.17, 15) is 4.79 Å². The highest BCUT2D eigenvalue weighted by Gasteiger charge is 2.16. The van der Waals surface area contributed by atoms with Crippen LogP contribution in [0.25, 0.3) is 0 Å². The van der Waals surface area contributed by atoms with E-state index in [4.69, 9.17) is 4.74 Å². The zero-order chi connectivity index (χ0) is 12.0. The maximum Gasteiger partial charge on any atom is 0.415 e. The quantitative estimate of drug-likeness (QED) is 0.780. The van der Waals surface area contributed by atoms with Crippen LogP contribution in [-0.4, -0.2) is 24.1 Å². The lowest BCUT2D eigenvalue weighted by molar-refractivity contribution is 0.146. The third-order valence-corrected chi connectivity index (χ3v) is 2.60. The van der Waals surface area contributed by atoms with Crippen LogP contribution in [0.2, 0.25) is 0 Å². The Morgan fingerprint density at radius 3 is 2.56 bits per heavy atom. The smallest absolute Gasteiger partial charge is 0.410 e. The van der Waals surface area contributed by atoms with Gasteiger partial charge in [0.1, 0.15) is 5.75 Å². The summed E-state index contributed by atoms with van der Waals surface area (Å²) in [6.45, 7) is 4.13. The van der Waals surface area contributed by atoms with Gasteiger partial charge in [-0.25, -0.2) is 4.79 Å². The van der Waals surface area contributed by atoms with Crippen molar-refractivity contribution in [3.8, 4) is 5.75 Å². The van der Waals surface area contributed by atoms with E-state index >= 15 is 0 Å². The van der Waals surface area contributed by atoms with Crippen LogP contribution in [0, 0.1) is 0 Å². The summed E-state index contributed by atoms with van der Waals surface area (Å²) in [6.07, 6.45) is 1.75. The third kappa shape index (κ3) is 3.57. The van der Waals surface area contributed by atoms with Crippen molar-refractivity contribution in [1.29, 1.82) is 0 Å². The highest BCUT2D eigenvalue weighted by molar-refractivity contribution is 5.70. The number of nitrogens with zero attached hydrogens (tertiary/aromatic N) is 1. The van der Waals surface area contributed by atoms with Gasteiger partial charge in [0, 0.05) is 13.1 Å². The molecule has 0 aliphatic rings. The average molecular weight is 221 g/mol. The van der Waals surface area contributed by atoms with E-state index in [2.05, 4.69) is 6.92 Å². The van der Waals surface area contributed by atoms with Gasteiger partial charge < -0.3 is 9.64 Å². The predicted octanol–water partition coefficient (Wildman–Crippen LogP) is 3.31. The second kappa shape index (κ2) is 6.16. The first kappa shape index (κ1) is 12.6. The molecule has 3 nitrogen and oxygen atoms in total. The summed E-state index contributed by atoms with van der Waals surface area (Å²) in [5.74, 6) is 0.586. The first-order chi connectivity index (χ1) is 7.65. The van der Waals surface area contributed by atoms with Gasteiger partial charge in [-0.15, -0.1) is 0 Å². The van der Waals surface area contributed by atoms with Gasteiger partial charge in [0.2, 0.25) is 0 Å². The molecular weight excluding hydrogens is 202 g/mol. The molecule has 1 aromatic carbocycles. The molecule has 0 radical (unpaired) electrons. The summed E-state index contributed by atoms with van der Waals surface area (Å²) in [7, 11) is 1.77. The summed E-state index contributed by atoms with van der Waals surface area (Å²) in [5, 5.41) is 0. The number of carbonyl (C=O) groups is 1. The van der Waals surface area contributed by atoms with Gasteiger partial charge in [0.15, 0.2) is 0 Å². The summed E-state index contributed by atoms with van der Waals surface area (Å²) < 4.78 is 5.23. The largest absolute Gasteiger partial charge is 0.415 e. The number of ether oxygens (including phenoxy) is 1. The molecule has 1 atom stereocenters. The molecule has 0 aliphatic heterocycles. The van der Waals surface area contributed by atoms with Crippen molar-refractivity contribution in [2.24, 2.45) is 0 Å². The molecular formula is C13H19NO2. The van der Waals surface area contributed by atoms with Crippen molar-refractivity contribution in [3.63, 3.8) is 0 Å². The zero-order valence-electron chi connectivity index (χ0n) is 10.1. The van der Waals surface area contributed by atoms with Gasteiger partial charge in [-0.2, -0.15) is 0 Å². The van der Waals surface area contributed by atoms with Gasteiger partial charge in [-0.3, -0.25) is 0 Å². The maximum absolute atomic E-state index is 11.7. The van der Waals surface area contributed by atoms with Gasteiger partial charge in [-0.1, -0.05) is 31.5 Å². The highest BCUT2D eigenvalue weighted by atomic mass is 16.6. The van der Waals surface area contributed by atoms with Crippen LogP contribution in [0.5, 0.6) is 5.75 Å². The fourth-order valence-electron chi connectivity index (χ4n) is 1.45. The molecule has 1 unspecified atom stereocenters. The van der Waals surface area contributed by atoms with Crippen LogP contribution < -0.4 is 4.74 Å². The average Bonchev–Trinajstić information content (AvgIpc) is 2.29. The van der Waals surface area contributed by atoms with Crippen LogP contribution in [0.4, 0.5) is 4.79 Å². The number of benzene rings is 1.